The molecule has 0 saturated carbocycles. The van der Waals surface area contributed by atoms with Gasteiger partial charge in [0.25, 0.3) is 0 Å². The maximum Gasteiger partial charge on any atom is 1.00 e. The summed E-state index contributed by atoms with van der Waals surface area (Å²) in [5.74, 6) is 0.572. The summed E-state index contributed by atoms with van der Waals surface area (Å²) in [6, 6.07) is 26.0. The molecule has 0 bridgehead atoms. The molecule has 0 spiro atoms. The van der Waals surface area contributed by atoms with E-state index in [1.54, 1.807) is 14.2 Å². The number of aliphatic hydroxyl groups is 1. The number of amides is 1. The molecule has 8 nitrogen and oxygen atoms in total. The third-order valence-electron chi connectivity index (χ3n) is 10.0. The number of nitrogens with zero attached hydrogens (tertiary/aromatic N) is 1. The predicted octanol–water partition coefficient (Wildman–Crippen LogP) is 2.73. The fraction of sp³-hybridized carbons (Fsp3) is 0.487. The molecule has 1 saturated heterocycles. The van der Waals surface area contributed by atoms with Gasteiger partial charge in [-0.15, -0.1) is 0 Å². The molecule has 0 aromatic heterocycles. The van der Waals surface area contributed by atoms with E-state index in [4.69, 9.17) is 14.2 Å². The standard InChI is InChI=1S/C39H51NO7.Li/c1-37(28-41)26-40(35(42)16-12-7-5-6-8-13-17-36(43)44)27-38(37,2)29-47-39(30-14-10-9-11-15-30,31-18-22-33(45-3)23-19-31)32-20-24-34(46-4)25-21-32;/h9-11,14-15,18-25,41H,5-8,12-13,16-17,26-29H2,1-4H3,(H,43,44);/q;+1/p-1/t37-,38+;/m0./s1. The molecular formula is C39H50LiNO7. The monoisotopic (exact) mass is 651 g/mol. The van der Waals surface area contributed by atoms with Gasteiger partial charge < -0.3 is 34.1 Å². The summed E-state index contributed by atoms with van der Waals surface area (Å²) in [6.07, 6.45) is 5.68. The first-order valence-electron chi connectivity index (χ1n) is 16.7. The molecule has 1 fully saturated rings. The number of aliphatic hydroxyl groups excluding tert-OH is 1. The smallest absolute Gasteiger partial charge is 0.550 e. The van der Waals surface area contributed by atoms with E-state index >= 15 is 0 Å². The molecule has 9 heteroatoms. The summed E-state index contributed by atoms with van der Waals surface area (Å²) < 4.78 is 18.2. The number of carboxylic acids is 1. The van der Waals surface area contributed by atoms with E-state index in [-0.39, 0.29) is 44.4 Å². The van der Waals surface area contributed by atoms with Gasteiger partial charge in [-0.05, 0) is 60.2 Å². The van der Waals surface area contributed by atoms with Gasteiger partial charge in [-0.3, -0.25) is 4.79 Å². The molecule has 1 amide bonds. The molecule has 3 aromatic rings. The number of aliphatic carboxylic acids is 1. The van der Waals surface area contributed by atoms with Gasteiger partial charge in [-0.1, -0.05) is 94.1 Å². The number of benzene rings is 3. The van der Waals surface area contributed by atoms with Crippen molar-refractivity contribution in [2.75, 3.05) is 40.5 Å². The van der Waals surface area contributed by atoms with Gasteiger partial charge in [-0.25, -0.2) is 0 Å². The first-order chi connectivity index (χ1) is 22.6. The second-order valence-corrected chi connectivity index (χ2v) is 13.3. The molecule has 2 atom stereocenters. The minimum Gasteiger partial charge on any atom is -0.550 e. The van der Waals surface area contributed by atoms with Crippen LogP contribution in [0.1, 0.15) is 81.9 Å². The van der Waals surface area contributed by atoms with Crippen molar-refractivity contribution in [3.63, 3.8) is 0 Å². The van der Waals surface area contributed by atoms with Crippen molar-refractivity contribution in [1.29, 1.82) is 0 Å². The fourth-order valence-corrected chi connectivity index (χ4v) is 6.67. The maximum atomic E-state index is 13.4. The maximum absolute atomic E-state index is 13.4. The van der Waals surface area contributed by atoms with Gasteiger partial charge in [0, 0.05) is 36.3 Å². The first kappa shape index (κ1) is 39.2. The Hall–Kier alpha value is -3.28. The Morgan fingerprint density at radius 1 is 0.729 bits per heavy atom. The molecule has 254 valence electrons. The van der Waals surface area contributed by atoms with Gasteiger partial charge in [0.2, 0.25) is 5.91 Å². The molecule has 0 aliphatic carbocycles. The summed E-state index contributed by atoms with van der Waals surface area (Å²) in [5, 5.41) is 21.3. The topological polar surface area (TPSA) is 108 Å². The number of unbranched alkanes of at least 4 members (excludes halogenated alkanes) is 5. The van der Waals surface area contributed by atoms with Crippen molar-refractivity contribution in [2.45, 2.75) is 70.8 Å². The zero-order valence-corrected chi connectivity index (χ0v) is 29.3. The van der Waals surface area contributed by atoms with Crippen molar-refractivity contribution < 1.29 is 52.9 Å². The van der Waals surface area contributed by atoms with Crippen molar-refractivity contribution in [3.05, 3.63) is 95.6 Å². The molecule has 0 radical (unpaired) electrons. The molecule has 1 heterocycles. The predicted molar refractivity (Wildman–Crippen MR) is 180 cm³/mol. The number of methoxy groups -OCH3 is 2. The van der Waals surface area contributed by atoms with E-state index in [1.807, 2.05) is 78.6 Å². The third kappa shape index (κ3) is 9.03. The van der Waals surface area contributed by atoms with Gasteiger partial charge >= 0.3 is 18.9 Å². The van der Waals surface area contributed by atoms with Crippen molar-refractivity contribution in [2.24, 2.45) is 10.8 Å². The number of ether oxygens (including phenoxy) is 3. The normalized spacial score (nSPS) is 19.1. The van der Waals surface area contributed by atoms with E-state index < -0.39 is 22.4 Å². The van der Waals surface area contributed by atoms with Crippen LogP contribution < -0.4 is 33.4 Å². The van der Waals surface area contributed by atoms with E-state index in [0.29, 0.717) is 25.9 Å². The van der Waals surface area contributed by atoms with Crippen LogP contribution in [0.5, 0.6) is 11.5 Å². The van der Waals surface area contributed by atoms with Crippen molar-refractivity contribution in [3.8, 4) is 11.5 Å². The Bertz CT molecular complexity index is 1390. The average Bonchev–Trinajstić information content (AvgIpc) is 3.37. The molecule has 1 aliphatic rings. The van der Waals surface area contributed by atoms with Crippen LogP contribution in [0.25, 0.3) is 0 Å². The molecule has 1 N–H and O–H groups in total. The summed E-state index contributed by atoms with van der Waals surface area (Å²) in [4.78, 5) is 25.9. The molecule has 4 rings (SSSR count). The first-order valence-corrected chi connectivity index (χ1v) is 16.7. The number of carbonyl (C=O) groups is 2. The van der Waals surface area contributed by atoms with Crippen LogP contribution in [0.3, 0.4) is 0 Å². The van der Waals surface area contributed by atoms with Crippen LogP contribution in [0.15, 0.2) is 78.9 Å². The van der Waals surface area contributed by atoms with Crippen LogP contribution in [0, 0.1) is 10.8 Å². The van der Waals surface area contributed by atoms with E-state index in [2.05, 4.69) is 19.1 Å². The summed E-state index contributed by atoms with van der Waals surface area (Å²) >= 11 is 0. The van der Waals surface area contributed by atoms with Gasteiger partial charge in [0.1, 0.15) is 17.1 Å². The number of rotatable bonds is 18. The number of hydrogen-bond donors (Lipinski definition) is 1. The third-order valence-corrected chi connectivity index (χ3v) is 10.0. The number of carboxylic acid groups (broad SMARTS) is 1. The van der Waals surface area contributed by atoms with Gasteiger partial charge in [-0.2, -0.15) is 0 Å². The second-order valence-electron chi connectivity index (χ2n) is 13.3. The zero-order valence-electron chi connectivity index (χ0n) is 29.3. The summed E-state index contributed by atoms with van der Waals surface area (Å²) in [5.41, 5.74) is 0.677. The van der Waals surface area contributed by atoms with Crippen LogP contribution >= 0.6 is 0 Å². The number of likely N-dealkylation sites (tertiary alicyclic amines) is 1. The Morgan fingerprint density at radius 3 is 1.67 bits per heavy atom. The SMILES string of the molecule is COc1ccc(C(OC[C@@]2(C)CN(C(=O)CCCCCCCCC(=O)[O-])C[C@@]2(C)CO)(c2ccccc2)c2ccc(OC)cc2)cc1.[Li+]. The van der Waals surface area contributed by atoms with E-state index in [9.17, 15) is 19.8 Å². The van der Waals surface area contributed by atoms with E-state index in [0.717, 1.165) is 60.3 Å². The number of carbonyl (C=O) groups excluding carboxylic acids is 2. The molecular weight excluding hydrogens is 601 g/mol. The minimum atomic E-state index is -1.00. The van der Waals surface area contributed by atoms with Crippen LogP contribution in [-0.4, -0.2) is 62.4 Å². The fourth-order valence-electron chi connectivity index (χ4n) is 6.67. The minimum absolute atomic E-state index is 0. The molecule has 0 unspecified atom stereocenters. The van der Waals surface area contributed by atoms with Crippen LogP contribution in [0.2, 0.25) is 0 Å². The Labute approximate surface area is 298 Å². The van der Waals surface area contributed by atoms with Crippen molar-refractivity contribution >= 4 is 11.9 Å². The molecule has 1 aliphatic heterocycles. The molecule has 3 aromatic carbocycles. The van der Waals surface area contributed by atoms with Crippen LogP contribution in [-0.2, 0) is 19.9 Å². The Kier molecular flexibility index (Phi) is 14.6. The summed E-state index contributed by atoms with van der Waals surface area (Å²) in [6.45, 7) is 5.29. The quantitative estimate of drug-likeness (QED) is 0.128. The van der Waals surface area contributed by atoms with Crippen molar-refractivity contribution in [1.82, 2.24) is 4.90 Å². The Balaban J connectivity index is 0.00000625. The largest absolute Gasteiger partial charge is 1.00 e. The van der Waals surface area contributed by atoms with Gasteiger partial charge in [0.05, 0.1) is 27.4 Å². The Morgan fingerprint density at radius 2 is 1.19 bits per heavy atom. The zero-order chi connectivity index (χ0) is 33.9. The van der Waals surface area contributed by atoms with E-state index in [1.165, 1.54) is 0 Å². The van der Waals surface area contributed by atoms with Gasteiger partial charge in [0.15, 0.2) is 0 Å². The average molecular weight is 652 g/mol. The summed E-state index contributed by atoms with van der Waals surface area (Å²) in [7, 11) is 3.29. The number of hydrogen-bond acceptors (Lipinski definition) is 7. The van der Waals surface area contributed by atoms with Crippen LogP contribution in [0.4, 0.5) is 0 Å². The molecule has 48 heavy (non-hydrogen) atoms. The second kappa shape index (κ2) is 17.9.